The van der Waals surface area contributed by atoms with Crippen LogP contribution in [0.5, 0.6) is 0 Å². The second-order valence-electron chi connectivity index (χ2n) is 2.42. The molecule has 1 aromatic heterocycles. The molecule has 0 N–H and O–H groups in total. The molecule has 60 valence electrons. The Bertz CT molecular complexity index is 255. The van der Waals surface area contributed by atoms with E-state index in [-0.39, 0.29) is 0 Å². The zero-order chi connectivity index (χ0) is 8.27. The van der Waals surface area contributed by atoms with Crippen molar-refractivity contribution < 1.29 is 4.79 Å². The number of hydrogen-bond acceptors (Lipinski definition) is 3. The fraction of sp³-hybridized carbons (Fsp3) is 0.500. The van der Waals surface area contributed by atoms with Crippen LogP contribution in [0.3, 0.4) is 0 Å². The standard InChI is InChI=1S/C8H11NOS/c1-3-4-8-9-7(5-10)6(2)11-8/h5H,3-4H2,1-2H3. The number of carbonyl (C=O) groups is 1. The third-order valence-corrected chi connectivity index (χ3v) is 2.50. The van der Waals surface area contributed by atoms with Gasteiger partial charge in [0.05, 0.1) is 5.01 Å². The lowest BCUT2D eigenvalue weighted by atomic mass is 10.3. The zero-order valence-corrected chi connectivity index (χ0v) is 7.57. The minimum atomic E-state index is 0.610. The smallest absolute Gasteiger partial charge is 0.169 e. The van der Waals surface area contributed by atoms with E-state index in [1.807, 2.05) is 6.92 Å². The number of hydrogen-bond donors (Lipinski definition) is 0. The predicted octanol–water partition coefficient (Wildman–Crippen LogP) is 2.22. The summed E-state index contributed by atoms with van der Waals surface area (Å²) < 4.78 is 0. The van der Waals surface area contributed by atoms with Gasteiger partial charge in [-0.1, -0.05) is 6.92 Å². The van der Waals surface area contributed by atoms with Gasteiger partial charge in [0.1, 0.15) is 5.69 Å². The van der Waals surface area contributed by atoms with Crippen LogP contribution < -0.4 is 0 Å². The Labute approximate surface area is 70.3 Å². The first-order valence-corrected chi connectivity index (χ1v) is 4.51. The number of aryl methyl sites for hydroxylation is 2. The van der Waals surface area contributed by atoms with E-state index in [4.69, 9.17) is 0 Å². The summed E-state index contributed by atoms with van der Waals surface area (Å²) in [7, 11) is 0. The van der Waals surface area contributed by atoms with Crippen molar-refractivity contribution in [1.82, 2.24) is 4.98 Å². The van der Waals surface area contributed by atoms with Gasteiger partial charge in [-0.05, 0) is 19.8 Å². The second kappa shape index (κ2) is 3.62. The zero-order valence-electron chi connectivity index (χ0n) is 6.76. The minimum Gasteiger partial charge on any atom is -0.296 e. The first-order chi connectivity index (χ1) is 5.27. The van der Waals surface area contributed by atoms with Gasteiger partial charge in [0, 0.05) is 4.88 Å². The highest BCUT2D eigenvalue weighted by molar-refractivity contribution is 7.11. The van der Waals surface area contributed by atoms with E-state index >= 15 is 0 Å². The molecule has 0 bridgehead atoms. The maximum atomic E-state index is 10.4. The Morgan fingerprint density at radius 3 is 2.82 bits per heavy atom. The maximum Gasteiger partial charge on any atom is 0.169 e. The molecule has 1 heterocycles. The molecular formula is C8H11NOS. The molecule has 0 aromatic carbocycles. The summed E-state index contributed by atoms with van der Waals surface area (Å²) >= 11 is 1.62. The molecule has 0 aliphatic rings. The molecule has 2 nitrogen and oxygen atoms in total. The van der Waals surface area contributed by atoms with E-state index in [1.54, 1.807) is 11.3 Å². The van der Waals surface area contributed by atoms with E-state index in [0.717, 1.165) is 29.0 Å². The Balaban J connectivity index is 2.86. The SMILES string of the molecule is CCCc1nc(C=O)c(C)s1. The Kier molecular flexibility index (Phi) is 2.76. The molecule has 1 aromatic rings. The van der Waals surface area contributed by atoms with Crippen molar-refractivity contribution in [1.29, 1.82) is 0 Å². The van der Waals surface area contributed by atoms with Crippen molar-refractivity contribution in [2.75, 3.05) is 0 Å². The summed E-state index contributed by atoms with van der Waals surface area (Å²) in [5, 5.41) is 1.08. The largest absolute Gasteiger partial charge is 0.296 e. The van der Waals surface area contributed by atoms with Crippen LogP contribution in [0.15, 0.2) is 0 Å². The van der Waals surface area contributed by atoms with Crippen LogP contribution >= 0.6 is 11.3 Å². The van der Waals surface area contributed by atoms with Crippen molar-refractivity contribution in [3.8, 4) is 0 Å². The van der Waals surface area contributed by atoms with Crippen LogP contribution in [0.4, 0.5) is 0 Å². The number of rotatable bonds is 3. The quantitative estimate of drug-likeness (QED) is 0.649. The molecular weight excluding hydrogens is 158 g/mol. The van der Waals surface area contributed by atoms with Gasteiger partial charge < -0.3 is 0 Å². The lowest BCUT2D eigenvalue weighted by Gasteiger charge is -1.85. The van der Waals surface area contributed by atoms with E-state index in [0.29, 0.717) is 5.69 Å². The fourth-order valence-corrected chi connectivity index (χ4v) is 1.90. The van der Waals surface area contributed by atoms with Crippen LogP contribution in [0.1, 0.15) is 33.7 Å². The molecule has 0 atom stereocenters. The normalized spacial score (nSPS) is 10.0. The highest BCUT2D eigenvalue weighted by atomic mass is 32.1. The first kappa shape index (κ1) is 8.40. The van der Waals surface area contributed by atoms with Gasteiger partial charge in [0.15, 0.2) is 6.29 Å². The van der Waals surface area contributed by atoms with Gasteiger partial charge in [-0.2, -0.15) is 0 Å². The molecule has 0 unspecified atom stereocenters. The van der Waals surface area contributed by atoms with E-state index in [2.05, 4.69) is 11.9 Å². The van der Waals surface area contributed by atoms with Crippen molar-refractivity contribution in [3.05, 3.63) is 15.6 Å². The summed E-state index contributed by atoms with van der Waals surface area (Å²) in [4.78, 5) is 15.6. The number of aromatic nitrogens is 1. The van der Waals surface area contributed by atoms with Crippen LogP contribution in [-0.2, 0) is 6.42 Å². The predicted molar refractivity (Wildman–Crippen MR) is 46.2 cm³/mol. The van der Waals surface area contributed by atoms with Crippen molar-refractivity contribution in [3.63, 3.8) is 0 Å². The van der Waals surface area contributed by atoms with E-state index in [9.17, 15) is 4.79 Å². The van der Waals surface area contributed by atoms with E-state index < -0.39 is 0 Å². The van der Waals surface area contributed by atoms with Crippen LogP contribution in [0.2, 0.25) is 0 Å². The van der Waals surface area contributed by atoms with Gasteiger partial charge in [-0.25, -0.2) is 4.98 Å². The number of carbonyl (C=O) groups excluding carboxylic acids is 1. The van der Waals surface area contributed by atoms with Crippen LogP contribution in [0, 0.1) is 6.92 Å². The summed E-state index contributed by atoms with van der Waals surface area (Å²) in [6.07, 6.45) is 2.90. The van der Waals surface area contributed by atoms with Gasteiger partial charge in [-0.15, -0.1) is 11.3 Å². The van der Waals surface area contributed by atoms with Gasteiger partial charge >= 0.3 is 0 Å². The summed E-state index contributed by atoms with van der Waals surface area (Å²) in [6, 6.07) is 0. The van der Waals surface area contributed by atoms with Crippen LogP contribution in [-0.4, -0.2) is 11.3 Å². The lowest BCUT2D eigenvalue weighted by Crippen LogP contribution is -1.84. The van der Waals surface area contributed by atoms with Crippen molar-refractivity contribution >= 4 is 17.6 Å². The molecule has 0 amide bonds. The monoisotopic (exact) mass is 169 g/mol. The summed E-state index contributed by atoms with van der Waals surface area (Å²) in [5.74, 6) is 0. The number of thiazole rings is 1. The Morgan fingerprint density at radius 1 is 1.64 bits per heavy atom. The highest BCUT2D eigenvalue weighted by Gasteiger charge is 2.04. The number of aldehydes is 1. The number of nitrogens with zero attached hydrogens (tertiary/aromatic N) is 1. The third kappa shape index (κ3) is 1.87. The molecule has 0 spiro atoms. The molecule has 0 aliphatic carbocycles. The van der Waals surface area contributed by atoms with Gasteiger partial charge in [0.2, 0.25) is 0 Å². The summed E-state index contributed by atoms with van der Waals surface area (Å²) in [5.41, 5.74) is 0.610. The van der Waals surface area contributed by atoms with E-state index in [1.165, 1.54) is 0 Å². The molecule has 1 rings (SSSR count). The minimum absolute atomic E-state index is 0.610. The third-order valence-electron chi connectivity index (χ3n) is 1.45. The van der Waals surface area contributed by atoms with Crippen molar-refractivity contribution in [2.45, 2.75) is 26.7 Å². The molecule has 3 heteroatoms. The first-order valence-electron chi connectivity index (χ1n) is 3.69. The maximum absolute atomic E-state index is 10.4. The molecule has 0 radical (unpaired) electrons. The average Bonchev–Trinajstić information content (AvgIpc) is 2.32. The second-order valence-corrected chi connectivity index (χ2v) is 3.70. The Morgan fingerprint density at radius 2 is 2.36 bits per heavy atom. The molecule has 0 saturated carbocycles. The molecule has 0 fully saturated rings. The topological polar surface area (TPSA) is 30.0 Å². The molecule has 0 aliphatic heterocycles. The fourth-order valence-electron chi connectivity index (χ4n) is 0.895. The van der Waals surface area contributed by atoms with Crippen molar-refractivity contribution in [2.24, 2.45) is 0 Å². The summed E-state index contributed by atoms with van der Waals surface area (Å²) in [6.45, 7) is 4.04. The lowest BCUT2D eigenvalue weighted by molar-refractivity contribution is 0.111. The average molecular weight is 169 g/mol. The van der Waals surface area contributed by atoms with Crippen LogP contribution in [0.25, 0.3) is 0 Å². The Hall–Kier alpha value is -0.700. The van der Waals surface area contributed by atoms with Gasteiger partial charge in [-0.3, -0.25) is 4.79 Å². The van der Waals surface area contributed by atoms with Gasteiger partial charge in [0.25, 0.3) is 0 Å². The highest BCUT2D eigenvalue weighted by Crippen LogP contribution is 2.16. The molecule has 11 heavy (non-hydrogen) atoms. The molecule has 0 saturated heterocycles.